The minimum Gasteiger partial charge on any atom is -0.319 e. The van der Waals surface area contributed by atoms with E-state index in [1.54, 1.807) is 25.6 Å². The first-order valence-corrected chi connectivity index (χ1v) is 11.8. The summed E-state index contributed by atoms with van der Waals surface area (Å²) in [6.07, 6.45) is 4.23. The highest BCUT2D eigenvalue weighted by Gasteiger charge is 2.23. The summed E-state index contributed by atoms with van der Waals surface area (Å²) >= 11 is 2.30. The van der Waals surface area contributed by atoms with Crippen molar-refractivity contribution in [3.8, 4) is 5.69 Å². The van der Waals surface area contributed by atoms with Crippen molar-refractivity contribution in [1.29, 1.82) is 0 Å². The molecule has 0 saturated carbocycles. The number of carbonyl (C=O) groups excluding carboxylic acids is 2. The molecule has 0 radical (unpaired) electrons. The Labute approximate surface area is 202 Å². The Morgan fingerprint density at radius 2 is 1.88 bits per heavy atom. The highest BCUT2D eigenvalue weighted by molar-refractivity contribution is 8.02. The first-order chi connectivity index (χ1) is 16.3. The van der Waals surface area contributed by atoms with Crippen molar-refractivity contribution in [1.82, 2.24) is 29.5 Å². The SMILES string of the molecule is Cc1c(NC(=O)C(C)Sc2nnc(NC(=O)c3cnccn3)s2)c(=O)n(-c2ccccc2)n1C. The number of aromatic nitrogens is 6. The second-order valence-corrected chi connectivity index (χ2v) is 9.67. The van der Waals surface area contributed by atoms with Crippen molar-refractivity contribution in [2.75, 3.05) is 10.6 Å². The third-order valence-electron chi connectivity index (χ3n) is 4.87. The quantitative estimate of drug-likeness (QED) is 0.294. The number of carbonyl (C=O) groups is 2. The highest BCUT2D eigenvalue weighted by Crippen LogP contribution is 2.29. The molecule has 3 aromatic heterocycles. The van der Waals surface area contributed by atoms with Crippen LogP contribution in [0.5, 0.6) is 0 Å². The van der Waals surface area contributed by atoms with Crippen LogP contribution in [0, 0.1) is 6.92 Å². The van der Waals surface area contributed by atoms with Gasteiger partial charge in [-0.3, -0.25) is 29.4 Å². The van der Waals surface area contributed by atoms with E-state index in [0.717, 1.165) is 11.3 Å². The number of nitrogens with zero attached hydrogens (tertiary/aromatic N) is 6. The molecule has 1 atom stereocenters. The summed E-state index contributed by atoms with van der Waals surface area (Å²) in [5.74, 6) is -0.808. The smallest absolute Gasteiger partial charge is 0.295 e. The zero-order chi connectivity index (χ0) is 24.2. The summed E-state index contributed by atoms with van der Waals surface area (Å²) in [5, 5.41) is 13.0. The van der Waals surface area contributed by atoms with Gasteiger partial charge < -0.3 is 5.32 Å². The highest BCUT2D eigenvalue weighted by atomic mass is 32.2. The first-order valence-electron chi connectivity index (χ1n) is 10.1. The molecule has 3 heterocycles. The fourth-order valence-electron chi connectivity index (χ4n) is 3.03. The molecule has 0 aliphatic carbocycles. The maximum Gasteiger partial charge on any atom is 0.295 e. The van der Waals surface area contributed by atoms with Gasteiger partial charge in [-0.15, -0.1) is 10.2 Å². The van der Waals surface area contributed by atoms with Crippen molar-refractivity contribution in [3.05, 3.63) is 70.7 Å². The fraction of sp³-hybridized carbons (Fsp3) is 0.190. The summed E-state index contributed by atoms with van der Waals surface area (Å²) in [4.78, 5) is 45.8. The lowest BCUT2D eigenvalue weighted by Crippen LogP contribution is -2.27. The molecular weight excluding hydrogens is 476 g/mol. The molecule has 11 nitrogen and oxygen atoms in total. The monoisotopic (exact) mass is 496 g/mol. The third kappa shape index (κ3) is 4.89. The van der Waals surface area contributed by atoms with Crippen LogP contribution in [0.25, 0.3) is 5.69 Å². The molecule has 0 bridgehead atoms. The molecule has 0 aliphatic rings. The van der Waals surface area contributed by atoms with Crippen LogP contribution in [0.15, 0.2) is 58.1 Å². The number of hydrogen-bond donors (Lipinski definition) is 2. The van der Waals surface area contributed by atoms with E-state index < -0.39 is 11.2 Å². The van der Waals surface area contributed by atoms with Crippen molar-refractivity contribution >= 4 is 45.7 Å². The van der Waals surface area contributed by atoms with Gasteiger partial charge in [0.2, 0.25) is 11.0 Å². The summed E-state index contributed by atoms with van der Waals surface area (Å²) < 4.78 is 3.69. The minimum absolute atomic E-state index is 0.152. The Hall–Kier alpha value is -3.84. The maximum atomic E-state index is 13.0. The molecular formula is C21H20N8O3S2. The van der Waals surface area contributed by atoms with Crippen LogP contribution in [0.2, 0.25) is 0 Å². The average Bonchev–Trinajstić information content (AvgIpc) is 3.37. The zero-order valence-corrected chi connectivity index (χ0v) is 20.1. The first kappa shape index (κ1) is 23.3. The number of para-hydroxylation sites is 1. The van der Waals surface area contributed by atoms with E-state index in [-0.39, 0.29) is 28.0 Å². The van der Waals surface area contributed by atoms with Crippen LogP contribution in [0.1, 0.15) is 23.1 Å². The van der Waals surface area contributed by atoms with Crippen molar-refractivity contribution in [2.24, 2.45) is 7.05 Å². The molecule has 0 saturated heterocycles. The van der Waals surface area contributed by atoms with Crippen LogP contribution in [-0.2, 0) is 11.8 Å². The molecule has 4 aromatic rings. The van der Waals surface area contributed by atoms with E-state index in [1.807, 2.05) is 30.3 Å². The van der Waals surface area contributed by atoms with Crippen LogP contribution in [0.3, 0.4) is 0 Å². The Balaban J connectivity index is 1.43. The number of anilines is 2. The van der Waals surface area contributed by atoms with Crippen molar-refractivity contribution in [2.45, 2.75) is 23.4 Å². The summed E-state index contributed by atoms with van der Waals surface area (Å²) in [6.45, 7) is 3.47. The normalized spacial score (nSPS) is 11.7. The van der Waals surface area contributed by atoms with Gasteiger partial charge in [-0.1, -0.05) is 41.3 Å². The molecule has 4 rings (SSSR count). The molecule has 0 spiro atoms. The van der Waals surface area contributed by atoms with Crippen molar-refractivity contribution < 1.29 is 9.59 Å². The Bertz CT molecular complexity index is 1380. The molecule has 34 heavy (non-hydrogen) atoms. The minimum atomic E-state index is -0.569. The number of rotatable bonds is 7. The third-order valence-corrected chi connectivity index (χ3v) is 6.89. The van der Waals surface area contributed by atoms with Gasteiger partial charge >= 0.3 is 0 Å². The molecule has 174 valence electrons. The van der Waals surface area contributed by atoms with Crippen LogP contribution < -0.4 is 16.2 Å². The van der Waals surface area contributed by atoms with Crippen LogP contribution in [0.4, 0.5) is 10.8 Å². The van der Waals surface area contributed by atoms with Gasteiger partial charge in [0.05, 0.1) is 22.8 Å². The van der Waals surface area contributed by atoms with E-state index in [9.17, 15) is 14.4 Å². The second-order valence-electron chi connectivity index (χ2n) is 7.10. The summed E-state index contributed by atoms with van der Waals surface area (Å²) in [6, 6.07) is 9.19. The summed E-state index contributed by atoms with van der Waals surface area (Å²) in [7, 11) is 1.76. The lowest BCUT2D eigenvalue weighted by Gasteiger charge is -2.09. The summed E-state index contributed by atoms with van der Waals surface area (Å²) in [5.41, 5.74) is 1.38. The lowest BCUT2D eigenvalue weighted by molar-refractivity contribution is -0.115. The van der Waals surface area contributed by atoms with Gasteiger partial charge in [-0.25, -0.2) is 9.67 Å². The molecule has 0 fully saturated rings. The number of amides is 2. The lowest BCUT2D eigenvalue weighted by atomic mass is 10.3. The van der Waals surface area contributed by atoms with Gasteiger partial charge in [0, 0.05) is 19.4 Å². The van der Waals surface area contributed by atoms with Crippen molar-refractivity contribution in [3.63, 3.8) is 0 Å². The van der Waals surface area contributed by atoms with E-state index in [4.69, 9.17) is 0 Å². The fourth-order valence-corrected chi connectivity index (χ4v) is 4.92. The van der Waals surface area contributed by atoms with Gasteiger partial charge in [0.1, 0.15) is 11.4 Å². The van der Waals surface area contributed by atoms with Gasteiger partial charge in [0.25, 0.3) is 11.5 Å². The molecule has 0 aliphatic heterocycles. The largest absolute Gasteiger partial charge is 0.319 e. The van der Waals surface area contributed by atoms with Gasteiger partial charge in [-0.05, 0) is 26.0 Å². The van der Waals surface area contributed by atoms with E-state index >= 15 is 0 Å². The Morgan fingerprint density at radius 3 is 2.59 bits per heavy atom. The Kier molecular flexibility index (Phi) is 6.84. The number of thioether (sulfide) groups is 1. The predicted molar refractivity (Wildman–Crippen MR) is 130 cm³/mol. The van der Waals surface area contributed by atoms with E-state index in [2.05, 4.69) is 30.8 Å². The average molecular weight is 497 g/mol. The molecule has 13 heteroatoms. The number of nitrogens with one attached hydrogen (secondary N) is 2. The van der Waals surface area contributed by atoms with Gasteiger partial charge in [0.15, 0.2) is 4.34 Å². The van der Waals surface area contributed by atoms with Gasteiger partial charge in [-0.2, -0.15) is 0 Å². The molecule has 2 amide bonds. The zero-order valence-electron chi connectivity index (χ0n) is 18.4. The topological polar surface area (TPSA) is 137 Å². The Morgan fingerprint density at radius 1 is 1.12 bits per heavy atom. The van der Waals surface area contributed by atoms with Crippen LogP contribution in [-0.4, -0.2) is 46.6 Å². The number of hydrogen-bond acceptors (Lipinski definition) is 9. The maximum absolute atomic E-state index is 13.0. The second kappa shape index (κ2) is 9.97. The predicted octanol–water partition coefficient (Wildman–Crippen LogP) is 2.50. The molecule has 1 unspecified atom stereocenters. The molecule has 2 N–H and O–H groups in total. The molecule has 1 aromatic carbocycles. The standard InChI is InChI=1S/C21H20N8O3S2/c1-12-16(19(32)29(28(12)3)14-7-5-4-6-8-14)24-17(30)13(2)33-21-27-26-20(34-21)25-18(31)15-11-22-9-10-23-15/h4-11,13H,1-3H3,(H,24,30)(H,25,26,31). The van der Waals surface area contributed by atoms with E-state index in [0.29, 0.717) is 15.7 Å². The number of benzene rings is 1. The van der Waals surface area contributed by atoms with E-state index in [1.165, 1.54) is 35.0 Å². The van der Waals surface area contributed by atoms with Crippen LogP contribution >= 0.6 is 23.1 Å².